The van der Waals surface area contributed by atoms with Crippen molar-refractivity contribution < 1.29 is 4.74 Å². The van der Waals surface area contributed by atoms with E-state index in [9.17, 15) is 0 Å². The van der Waals surface area contributed by atoms with Crippen molar-refractivity contribution in [2.75, 3.05) is 63.2 Å². The Kier molecular flexibility index (Phi) is 6.05. The van der Waals surface area contributed by atoms with Gasteiger partial charge in [0.05, 0.1) is 0 Å². The molecule has 2 aromatic rings. The zero-order chi connectivity index (χ0) is 17.6. The minimum atomic E-state index is 0.713. The summed E-state index contributed by atoms with van der Waals surface area (Å²) in [5.74, 6) is 0.933. The van der Waals surface area contributed by atoms with E-state index < -0.39 is 0 Å². The Morgan fingerprint density at radius 1 is 0.920 bits per heavy atom. The van der Waals surface area contributed by atoms with E-state index >= 15 is 0 Å². The molecule has 0 bridgehead atoms. The monoisotopic (exact) mass is 359 g/mol. The number of nitrogens with zero attached hydrogens (tertiary/aromatic N) is 3. The quantitative estimate of drug-likeness (QED) is 0.784. The Morgan fingerprint density at radius 3 is 2.16 bits per heavy atom. The summed E-state index contributed by atoms with van der Waals surface area (Å²) in [4.78, 5) is 6.93. The van der Waals surface area contributed by atoms with Crippen molar-refractivity contribution in [2.45, 2.75) is 0 Å². The van der Waals surface area contributed by atoms with Crippen molar-refractivity contribution in [3.63, 3.8) is 0 Å². The van der Waals surface area contributed by atoms with Gasteiger partial charge in [0, 0.05) is 49.1 Å². The largest absolute Gasteiger partial charge is 0.492 e. The number of piperazine rings is 1. The number of halogens is 1. The van der Waals surface area contributed by atoms with Crippen molar-refractivity contribution in [3.05, 3.63) is 53.6 Å². The molecular formula is C20H26ClN3O. The molecule has 0 saturated carbocycles. The van der Waals surface area contributed by atoms with Crippen LogP contribution in [0.4, 0.5) is 11.4 Å². The molecule has 1 aliphatic heterocycles. The third-order valence-corrected chi connectivity index (χ3v) is 4.70. The number of rotatable bonds is 6. The molecule has 0 unspecified atom stereocenters. The minimum absolute atomic E-state index is 0.713. The van der Waals surface area contributed by atoms with Gasteiger partial charge >= 0.3 is 0 Å². The highest BCUT2D eigenvalue weighted by Gasteiger charge is 2.17. The SMILES string of the molecule is CN(C)CCOc1ccc(N2CCN(c3cccc(Cl)c3)CC2)cc1. The van der Waals surface area contributed by atoms with Crippen LogP contribution in [0.3, 0.4) is 0 Å². The number of benzene rings is 2. The van der Waals surface area contributed by atoms with E-state index in [2.05, 4.69) is 59.1 Å². The second-order valence-electron chi connectivity index (χ2n) is 6.60. The van der Waals surface area contributed by atoms with Gasteiger partial charge in [0.2, 0.25) is 0 Å². The number of likely N-dealkylation sites (N-methyl/N-ethyl adjacent to an activating group) is 1. The Labute approximate surface area is 155 Å². The zero-order valence-corrected chi connectivity index (χ0v) is 15.7. The topological polar surface area (TPSA) is 19.0 Å². The van der Waals surface area contributed by atoms with Gasteiger partial charge in [0.15, 0.2) is 0 Å². The normalized spacial score (nSPS) is 14.9. The van der Waals surface area contributed by atoms with E-state index in [4.69, 9.17) is 16.3 Å². The van der Waals surface area contributed by atoms with E-state index in [0.717, 1.165) is 43.5 Å². The predicted octanol–water partition coefficient (Wildman–Crippen LogP) is 3.61. The van der Waals surface area contributed by atoms with E-state index in [1.54, 1.807) is 0 Å². The fourth-order valence-corrected chi connectivity index (χ4v) is 3.18. The molecule has 25 heavy (non-hydrogen) atoms. The van der Waals surface area contributed by atoms with Crippen LogP contribution in [-0.4, -0.2) is 58.3 Å². The van der Waals surface area contributed by atoms with Gasteiger partial charge in [-0.2, -0.15) is 0 Å². The third kappa shape index (κ3) is 5.03. The maximum Gasteiger partial charge on any atom is 0.119 e. The first kappa shape index (κ1) is 17.9. The van der Waals surface area contributed by atoms with Crippen LogP contribution in [-0.2, 0) is 0 Å². The molecule has 1 fully saturated rings. The third-order valence-electron chi connectivity index (χ3n) is 4.46. The number of hydrogen-bond acceptors (Lipinski definition) is 4. The van der Waals surface area contributed by atoms with Crippen LogP contribution >= 0.6 is 11.6 Å². The second-order valence-corrected chi connectivity index (χ2v) is 7.04. The van der Waals surface area contributed by atoms with E-state index in [1.165, 1.54) is 11.4 Å². The highest BCUT2D eigenvalue weighted by molar-refractivity contribution is 6.30. The van der Waals surface area contributed by atoms with Crippen LogP contribution in [0.15, 0.2) is 48.5 Å². The maximum atomic E-state index is 6.11. The van der Waals surface area contributed by atoms with Crippen LogP contribution in [0.2, 0.25) is 5.02 Å². The zero-order valence-electron chi connectivity index (χ0n) is 15.0. The molecule has 0 aromatic heterocycles. The van der Waals surface area contributed by atoms with E-state index in [-0.39, 0.29) is 0 Å². The molecule has 0 aliphatic carbocycles. The summed E-state index contributed by atoms with van der Waals surface area (Å²) >= 11 is 6.11. The molecule has 1 heterocycles. The van der Waals surface area contributed by atoms with Gasteiger partial charge in [-0.15, -0.1) is 0 Å². The number of ether oxygens (including phenoxy) is 1. The lowest BCUT2D eigenvalue weighted by Crippen LogP contribution is -2.46. The first-order valence-corrected chi connectivity index (χ1v) is 9.13. The van der Waals surface area contributed by atoms with Gasteiger partial charge in [0.25, 0.3) is 0 Å². The summed E-state index contributed by atoms with van der Waals surface area (Å²) in [7, 11) is 4.10. The first-order valence-electron chi connectivity index (χ1n) is 8.75. The molecule has 0 radical (unpaired) electrons. The van der Waals surface area contributed by atoms with Gasteiger partial charge in [-0.1, -0.05) is 17.7 Å². The van der Waals surface area contributed by atoms with Crippen LogP contribution < -0.4 is 14.5 Å². The molecule has 0 N–H and O–H groups in total. The van der Waals surface area contributed by atoms with Gasteiger partial charge in [0.1, 0.15) is 12.4 Å². The molecule has 2 aromatic carbocycles. The Balaban J connectivity index is 1.52. The van der Waals surface area contributed by atoms with Crippen molar-refractivity contribution in [1.29, 1.82) is 0 Å². The molecule has 3 rings (SSSR count). The summed E-state index contributed by atoms with van der Waals surface area (Å²) in [6.45, 7) is 5.65. The lowest BCUT2D eigenvalue weighted by molar-refractivity contribution is 0.261. The van der Waals surface area contributed by atoms with Gasteiger partial charge < -0.3 is 19.4 Å². The maximum absolute atomic E-state index is 6.11. The molecule has 0 spiro atoms. The summed E-state index contributed by atoms with van der Waals surface area (Å²) in [5, 5.41) is 0.796. The summed E-state index contributed by atoms with van der Waals surface area (Å²) in [6, 6.07) is 16.5. The van der Waals surface area contributed by atoms with Crippen LogP contribution in [0.1, 0.15) is 0 Å². The first-order chi connectivity index (χ1) is 12.1. The molecule has 4 nitrogen and oxygen atoms in total. The van der Waals surface area contributed by atoms with Crippen LogP contribution in [0, 0.1) is 0 Å². The van der Waals surface area contributed by atoms with Gasteiger partial charge in [-0.3, -0.25) is 0 Å². The van der Waals surface area contributed by atoms with Crippen molar-refractivity contribution in [3.8, 4) is 5.75 Å². The highest BCUT2D eigenvalue weighted by atomic mass is 35.5. The molecule has 5 heteroatoms. The molecule has 1 saturated heterocycles. The lowest BCUT2D eigenvalue weighted by atomic mass is 10.2. The second kappa shape index (κ2) is 8.45. The Bertz CT molecular complexity index is 667. The molecule has 1 aliphatic rings. The fraction of sp³-hybridized carbons (Fsp3) is 0.400. The van der Waals surface area contributed by atoms with Crippen molar-refractivity contribution in [2.24, 2.45) is 0 Å². The summed E-state index contributed by atoms with van der Waals surface area (Å²) in [5.41, 5.74) is 2.46. The Morgan fingerprint density at radius 2 is 1.56 bits per heavy atom. The van der Waals surface area contributed by atoms with Crippen molar-refractivity contribution >= 4 is 23.0 Å². The highest BCUT2D eigenvalue weighted by Crippen LogP contribution is 2.24. The van der Waals surface area contributed by atoms with E-state index in [0.29, 0.717) is 6.61 Å². The van der Waals surface area contributed by atoms with Crippen LogP contribution in [0.5, 0.6) is 5.75 Å². The molecule has 0 atom stereocenters. The molecule has 0 amide bonds. The fourth-order valence-electron chi connectivity index (χ4n) is 2.99. The summed E-state index contributed by atoms with van der Waals surface area (Å²) < 4.78 is 5.76. The smallest absolute Gasteiger partial charge is 0.119 e. The Hall–Kier alpha value is -1.91. The summed E-state index contributed by atoms with van der Waals surface area (Å²) in [6.07, 6.45) is 0. The van der Waals surface area contributed by atoms with E-state index in [1.807, 2.05) is 18.2 Å². The lowest BCUT2D eigenvalue weighted by Gasteiger charge is -2.37. The predicted molar refractivity (Wildman–Crippen MR) is 106 cm³/mol. The standard InChI is InChI=1S/C20H26ClN3O/c1-22(2)14-15-25-20-8-6-18(7-9-20)23-10-12-24(13-11-23)19-5-3-4-17(21)16-19/h3-9,16H,10-15H2,1-2H3. The van der Waals surface area contributed by atoms with Gasteiger partial charge in [-0.05, 0) is 56.6 Å². The van der Waals surface area contributed by atoms with Crippen LogP contribution in [0.25, 0.3) is 0 Å². The number of anilines is 2. The number of hydrogen-bond donors (Lipinski definition) is 0. The molecular weight excluding hydrogens is 334 g/mol. The average molecular weight is 360 g/mol. The van der Waals surface area contributed by atoms with Gasteiger partial charge in [-0.25, -0.2) is 0 Å². The van der Waals surface area contributed by atoms with Crippen molar-refractivity contribution in [1.82, 2.24) is 4.90 Å². The average Bonchev–Trinajstić information content (AvgIpc) is 2.62. The minimum Gasteiger partial charge on any atom is -0.492 e. The molecule has 134 valence electrons.